The smallest absolute Gasteiger partial charge is 0.230 e. The van der Waals surface area contributed by atoms with Crippen molar-refractivity contribution in [3.05, 3.63) is 34.9 Å². The highest BCUT2D eigenvalue weighted by molar-refractivity contribution is 5.84. The molecule has 6 heteroatoms. The Kier molecular flexibility index (Phi) is 4.47. The highest BCUT2D eigenvalue weighted by atomic mass is 16.2. The van der Waals surface area contributed by atoms with E-state index in [1.165, 1.54) is 0 Å². The first-order valence-electron chi connectivity index (χ1n) is 8.68. The van der Waals surface area contributed by atoms with E-state index in [-0.39, 0.29) is 17.9 Å². The molecule has 1 fully saturated rings. The summed E-state index contributed by atoms with van der Waals surface area (Å²) >= 11 is 0. The van der Waals surface area contributed by atoms with Crippen LogP contribution in [0.15, 0.2) is 12.4 Å². The predicted molar refractivity (Wildman–Crippen MR) is 92.8 cm³/mol. The largest absolute Gasteiger partial charge is 0.337 e. The van der Waals surface area contributed by atoms with Gasteiger partial charge >= 0.3 is 0 Å². The van der Waals surface area contributed by atoms with Crippen molar-refractivity contribution in [2.45, 2.75) is 59.0 Å². The van der Waals surface area contributed by atoms with Gasteiger partial charge in [-0.25, -0.2) is 0 Å². The molecule has 1 amide bonds. The van der Waals surface area contributed by atoms with Gasteiger partial charge in [0.25, 0.3) is 0 Å². The van der Waals surface area contributed by atoms with Crippen LogP contribution in [0.5, 0.6) is 0 Å². The number of carbonyl (C=O) groups is 1. The molecule has 2 aromatic rings. The number of amides is 1. The summed E-state index contributed by atoms with van der Waals surface area (Å²) < 4.78 is 3.82. The number of rotatable bonds is 4. The molecule has 6 nitrogen and oxygen atoms in total. The van der Waals surface area contributed by atoms with Crippen LogP contribution in [0.3, 0.4) is 0 Å². The van der Waals surface area contributed by atoms with E-state index in [4.69, 9.17) is 0 Å². The lowest BCUT2D eigenvalue weighted by Crippen LogP contribution is -2.40. The lowest BCUT2D eigenvalue weighted by atomic mass is 9.97. The maximum atomic E-state index is 13.1. The fourth-order valence-corrected chi connectivity index (χ4v) is 3.89. The first-order valence-corrected chi connectivity index (χ1v) is 8.68. The maximum Gasteiger partial charge on any atom is 0.230 e. The fourth-order valence-electron chi connectivity index (χ4n) is 3.89. The van der Waals surface area contributed by atoms with Crippen LogP contribution in [0.2, 0.25) is 0 Å². The summed E-state index contributed by atoms with van der Waals surface area (Å²) in [5, 5.41) is 8.84. The molecule has 0 N–H and O–H groups in total. The number of aryl methyl sites for hydroxylation is 3. The highest BCUT2D eigenvalue weighted by Crippen LogP contribution is 2.28. The summed E-state index contributed by atoms with van der Waals surface area (Å²) in [5.41, 5.74) is 4.25. The first-order chi connectivity index (χ1) is 11.4. The molecule has 130 valence electrons. The van der Waals surface area contributed by atoms with Gasteiger partial charge in [0.15, 0.2) is 0 Å². The number of likely N-dealkylation sites (tertiary alicyclic amines) is 1. The van der Waals surface area contributed by atoms with Crippen molar-refractivity contribution in [3.8, 4) is 0 Å². The molecule has 1 saturated heterocycles. The van der Waals surface area contributed by atoms with Crippen LogP contribution in [0.4, 0.5) is 0 Å². The molecule has 2 atom stereocenters. The molecule has 0 saturated carbocycles. The zero-order chi connectivity index (χ0) is 17.4. The van der Waals surface area contributed by atoms with Gasteiger partial charge in [-0.05, 0) is 46.1 Å². The topological polar surface area (TPSA) is 56.0 Å². The van der Waals surface area contributed by atoms with Gasteiger partial charge < -0.3 is 4.90 Å². The molecule has 0 aliphatic carbocycles. The van der Waals surface area contributed by atoms with E-state index in [0.717, 1.165) is 48.4 Å². The molecule has 0 bridgehead atoms. The second-order valence-electron chi connectivity index (χ2n) is 7.00. The van der Waals surface area contributed by atoms with Crippen molar-refractivity contribution in [1.29, 1.82) is 0 Å². The van der Waals surface area contributed by atoms with Crippen molar-refractivity contribution >= 4 is 5.91 Å². The van der Waals surface area contributed by atoms with Crippen molar-refractivity contribution < 1.29 is 4.79 Å². The summed E-state index contributed by atoms with van der Waals surface area (Å²) in [4.78, 5) is 15.2. The van der Waals surface area contributed by atoms with Crippen LogP contribution in [0.1, 0.15) is 48.2 Å². The Hall–Kier alpha value is -2.11. The van der Waals surface area contributed by atoms with Crippen LogP contribution in [0.25, 0.3) is 0 Å². The van der Waals surface area contributed by atoms with E-state index in [9.17, 15) is 4.79 Å². The van der Waals surface area contributed by atoms with Crippen molar-refractivity contribution in [2.75, 3.05) is 6.54 Å². The number of hydrogen-bond donors (Lipinski definition) is 0. The van der Waals surface area contributed by atoms with E-state index >= 15 is 0 Å². The van der Waals surface area contributed by atoms with Crippen LogP contribution >= 0.6 is 0 Å². The second kappa shape index (κ2) is 6.42. The van der Waals surface area contributed by atoms with Gasteiger partial charge in [-0.2, -0.15) is 10.2 Å². The van der Waals surface area contributed by atoms with Gasteiger partial charge in [-0.3, -0.25) is 14.2 Å². The van der Waals surface area contributed by atoms with Crippen molar-refractivity contribution in [3.63, 3.8) is 0 Å². The van der Waals surface area contributed by atoms with E-state index in [1.54, 1.807) is 0 Å². The Bertz CT molecular complexity index is 745. The quantitative estimate of drug-likeness (QED) is 0.865. The molecule has 0 spiro atoms. The Balaban J connectivity index is 1.77. The van der Waals surface area contributed by atoms with Crippen LogP contribution in [-0.4, -0.2) is 43.0 Å². The third-order valence-corrected chi connectivity index (χ3v) is 5.19. The third kappa shape index (κ3) is 2.97. The number of nitrogens with zero attached hydrogens (tertiary/aromatic N) is 5. The predicted octanol–water partition coefficient (Wildman–Crippen LogP) is 2.34. The van der Waals surface area contributed by atoms with Crippen molar-refractivity contribution in [1.82, 2.24) is 24.5 Å². The zero-order valence-electron chi connectivity index (χ0n) is 15.3. The molecule has 0 radical (unpaired) electrons. The standard InChI is InChI=1S/C18H27N5O/c1-12-9-19-22(10-12)11-16-7-6-8-23(16)18(24)13(2)17-14(3)20-21(5)15(17)4/h9-10,13,16H,6-8,11H2,1-5H3/t13-,16-/m0/s1. The first kappa shape index (κ1) is 16.7. The molecule has 3 rings (SSSR count). The summed E-state index contributed by atoms with van der Waals surface area (Å²) in [5.74, 6) is 0.0548. The molecule has 2 aromatic heterocycles. The Labute approximate surface area is 143 Å². The summed E-state index contributed by atoms with van der Waals surface area (Å²) in [6.45, 7) is 9.68. The maximum absolute atomic E-state index is 13.1. The van der Waals surface area contributed by atoms with E-state index in [0.29, 0.717) is 0 Å². The molecular formula is C18H27N5O. The summed E-state index contributed by atoms with van der Waals surface area (Å²) in [6, 6.07) is 0.233. The number of hydrogen-bond acceptors (Lipinski definition) is 3. The summed E-state index contributed by atoms with van der Waals surface area (Å²) in [7, 11) is 1.93. The zero-order valence-corrected chi connectivity index (χ0v) is 15.3. The minimum atomic E-state index is -0.154. The molecule has 0 aromatic carbocycles. The molecule has 1 aliphatic heterocycles. The Morgan fingerprint density at radius 3 is 2.71 bits per heavy atom. The number of carbonyl (C=O) groups excluding carboxylic acids is 1. The van der Waals surface area contributed by atoms with Gasteiger partial charge in [0.05, 0.1) is 30.4 Å². The average molecular weight is 329 g/mol. The van der Waals surface area contributed by atoms with Crippen LogP contribution in [-0.2, 0) is 18.4 Å². The van der Waals surface area contributed by atoms with Gasteiger partial charge in [0, 0.05) is 31.0 Å². The third-order valence-electron chi connectivity index (χ3n) is 5.19. The van der Waals surface area contributed by atoms with Gasteiger partial charge in [0.2, 0.25) is 5.91 Å². The number of aromatic nitrogens is 4. The molecular weight excluding hydrogens is 302 g/mol. The lowest BCUT2D eigenvalue weighted by molar-refractivity contribution is -0.133. The van der Waals surface area contributed by atoms with Gasteiger partial charge in [-0.1, -0.05) is 0 Å². The average Bonchev–Trinajstić information content (AvgIpc) is 3.21. The minimum absolute atomic E-state index is 0.154. The monoisotopic (exact) mass is 329 g/mol. The normalized spacial score (nSPS) is 19.0. The fraction of sp³-hybridized carbons (Fsp3) is 0.611. The Morgan fingerprint density at radius 1 is 1.38 bits per heavy atom. The SMILES string of the molecule is Cc1cnn(C[C@@H]2CCCN2C(=O)[C@@H](C)c2c(C)nn(C)c2C)c1. The highest BCUT2D eigenvalue weighted by Gasteiger charge is 2.34. The molecule has 24 heavy (non-hydrogen) atoms. The van der Waals surface area contributed by atoms with Gasteiger partial charge in [0.1, 0.15) is 0 Å². The molecule has 1 aliphatic rings. The van der Waals surface area contributed by atoms with Gasteiger partial charge in [-0.15, -0.1) is 0 Å². The second-order valence-corrected chi connectivity index (χ2v) is 7.00. The van der Waals surface area contributed by atoms with E-state index in [2.05, 4.69) is 10.2 Å². The summed E-state index contributed by atoms with van der Waals surface area (Å²) in [6.07, 6.45) is 6.02. The van der Waals surface area contributed by atoms with Crippen LogP contribution in [0, 0.1) is 20.8 Å². The Morgan fingerprint density at radius 2 is 2.12 bits per heavy atom. The van der Waals surface area contributed by atoms with Crippen molar-refractivity contribution in [2.24, 2.45) is 7.05 Å². The minimum Gasteiger partial charge on any atom is -0.337 e. The van der Waals surface area contributed by atoms with E-state index in [1.807, 2.05) is 61.4 Å². The molecule has 0 unspecified atom stereocenters. The van der Waals surface area contributed by atoms with E-state index < -0.39 is 0 Å². The molecule has 3 heterocycles. The van der Waals surface area contributed by atoms with Crippen LogP contribution < -0.4 is 0 Å². The lowest BCUT2D eigenvalue weighted by Gasteiger charge is -2.28.